The second-order valence-corrected chi connectivity index (χ2v) is 6.63. The SMILES string of the molecule is CCOC(=O)C[C@H](NC(=O)OC(C)(C)C)[C@H]1COC(C)(C)O1. The van der Waals surface area contributed by atoms with Crippen LogP contribution in [0.5, 0.6) is 0 Å². The predicted octanol–water partition coefficient (Wildman–Crippen LogP) is 1.98. The highest BCUT2D eigenvalue weighted by molar-refractivity contribution is 5.73. The molecule has 0 bridgehead atoms. The number of ether oxygens (including phenoxy) is 4. The van der Waals surface area contributed by atoms with Gasteiger partial charge in [0.25, 0.3) is 0 Å². The molecule has 0 aromatic rings. The van der Waals surface area contributed by atoms with Crippen LogP contribution in [-0.4, -0.2) is 48.8 Å². The Morgan fingerprint density at radius 3 is 2.45 bits per heavy atom. The number of carbonyl (C=O) groups is 2. The van der Waals surface area contributed by atoms with Crippen molar-refractivity contribution in [3.63, 3.8) is 0 Å². The van der Waals surface area contributed by atoms with Crippen molar-refractivity contribution in [3.8, 4) is 0 Å². The summed E-state index contributed by atoms with van der Waals surface area (Å²) in [6.07, 6.45) is -1.04. The van der Waals surface area contributed by atoms with Crippen molar-refractivity contribution in [1.29, 1.82) is 0 Å². The van der Waals surface area contributed by atoms with Gasteiger partial charge in [0.15, 0.2) is 5.79 Å². The normalized spacial score (nSPS) is 22.0. The zero-order valence-electron chi connectivity index (χ0n) is 14.2. The number of esters is 1. The third-order valence-corrected chi connectivity index (χ3v) is 2.87. The third kappa shape index (κ3) is 6.62. The molecule has 7 nitrogen and oxygen atoms in total. The van der Waals surface area contributed by atoms with Gasteiger partial charge < -0.3 is 24.3 Å². The molecule has 0 aliphatic carbocycles. The molecular formula is C15H27NO6. The number of rotatable bonds is 5. The summed E-state index contributed by atoms with van der Waals surface area (Å²) in [5.41, 5.74) is -0.620. The summed E-state index contributed by atoms with van der Waals surface area (Å²) in [6.45, 7) is 11.2. The van der Waals surface area contributed by atoms with Gasteiger partial charge in [-0.3, -0.25) is 4.79 Å². The average molecular weight is 317 g/mol. The average Bonchev–Trinajstić information content (AvgIpc) is 2.66. The summed E-state index contributed by atoms with van der Waals surface area (Å²) >= 11 is 0. The van der Waals surface area contributed by atoms with Crippen LogP contribution >= 0.6 is 0 Å². The van der Waals surface area contributed by atoms with Crippen LogP contribution in [0.1, 0.15) is 48.0 Å². The van der Waals surface area contributed by atoms with Gasteiger partial charge in [0.2, 0.25) is 0 Å². The topological polar surface area (TPSA) is 83.1 Å². The molecular weight excluding hydrogens is 290 g/mol. The van der Waals surface area contributed by atoms with Crippen molar-refractivity contribution in [2.75, 3.05) is 13.2 Å². The molecule has 0 spiro atoms. The molecule has 1 saturated heterocycles. The fraction of sp³-hybridized carbons (Fsp3) is 0.867. The van der Waals surface area contributed by atoms with Gasteiger partial charge in [-0.2, -0.15) is 0 Å². The monoisotopic (exact) mass is 317 g/mol. The molecule has 0 aromatic carbocycles. The van der Waals surface area contributed by atoms with Gasteiger partial charge in [-0.25, -0.2) is 4.79 Å². The third-order valence-electron chi connectivity index (χ3n) is 2.87. The lowest BCUT2D eigenvalue weighted by molar-refractivity contribution is -0.150. The van der Waals surface area contributed by atoms with Gasteiger partial charge in [-0.1, -0.05) is 0 Å². The molecule has 128 valence electrons. The lowest BCUT2D eigenvalue weighted by Crippen LogP contribution is -2.48. The summed E-state index contributed by atoms with van der Waals surface area (Å²) in [7, 11) is 0. The van der Waals surface area contributed by atoms with E-state index in [9.17, 15) is 9.59 Å². The van der Waals surface area contributed by atoms with Crippen LogP contribution in [-0.2, 0) is 23.7 Å². The van der Waals surface area contributed by atoms with E-state index in [2.05, 4.69) is 5.32 Å². The number of alkyl carbamates (subject to hydrolysis) is 1. The minimum absolute atomic E-state index is 0.00279. The standard InChI is InChI=1S/C15H27NO6/c1-7-19-12(17)8-10(11-9-20-15(5,6)21-11)16-13(18)22-14(2,3)4/h10-11H,7-9H2,1-6H3,(H,16,18)/t10-,11+/m0/s1. The Morgan fingerprint density at radius 2 is 2.00 bits per heavy atom. The fourth-order valence-corrected chi connectivity index (χ4v) is 2.05. The molecule has 7 heteroatoms. The first-order valence-corrected chi connectivity index (χ1v) is 7.49. The zero-order valence-corrected chi connectivity index (χ0v) is 14.2. The van der Waals surface area contributed by atoms with Crippen molar-refractivity contribution in [1.82, 2.24) is 5.32 Å². The first kappa shape index (κ1) is 18.7. The van der Waals surface area contributed by atoms with E-state index in [0.29, 0.717) is 0 Å². The van der Waals surface area contributed by atoms with E-state index >= 15 is 0 Å². The van der Waals surface area contributed by atoms with E-state index in [1.807, 2.05) is 0 Å². The van der Waals surface area contributed by atoms with Crippen molar-refractivity contribution >= 4 is 12.1 Å². The Labute approximate surface area is 131 Å². The molecule has 1 aliphatic heterocycles. The maximum atomic E-state index is 11.9. The van der Waals surface area contributed by atoms with E-state index in [1.165, 1.54) is 0 Å². The molecule has 1 rings (SSSR count). The maximum absolute atomic E-state index is 11.9. The second-order valence-electron chi connectivity index (χ2n) is 6.63. The Morgan fingerprint density at radius 1 is 1.36 bits per heavy atom. The molecule has 0 saturated carbocycles. The highest BCUT2D eigenvalue weighted by atomic mass is 16.7. The fourth-order valence-electron chi connectivity index (χ4n) is 2.05. The molecule has 0 unspecified atom stereocenters. The largest absolute Gasteiger partial charge is 0.466 e. The zero-order chi connectivity index (χ0) is 17.0. The Bertz CT molecular complexity index is 401. The van der Waals surface area contributed by atoms with Gasteiger partial charge >= 0.3 is 12.1 Å². The Hall–Kier alpha value is -1.34. The summed E-state index contributed by atoms with van der Waals surface area (Å²) in [5, 5.41) is 2.68. The summed E-state index contributed by atoms with van der Waals surface area (Å²) in [5.74, 6) is -1.15. The molecule has 1 aliphatic rings. The van der Waals surface area contributed by atoms with Crippen LogP contribution in [0.2, 0.25) is 0 Å². The van der Waals surface area contributed by atoms with E-state index in [-0.39, 0.29) is 19.6 Å². The van der Waals surface area contributed by atoms with E-state index in [1.54, 1.807) is 41.5 Å². The first-order valence-electron chi connectivity index (χ1n) is 7.49. The predicted molar refractivity (Wildman–Crippen MR) is 79.3 cm³/mol. The van der Waals surface area contributed by atoms with Crippen molar-refractivity contribution in [3.05, 3.63) is 0 Å². The van der Waals surface area contributed by atoms with Gasteiger partial charge in [0.05, 0.1) is 25.7 Å². The van der Waals surface area contributed by atoms with Gasteiger partial charge in [0, 0.05) is 0 Å². The summed E-state index contributed by atoms with van der Waals surface area (Å²) in [6, 6.07) is -0.573. The van der Waals surface area contributed by atoms with Crippen LogP contribution in [0.4, 0.5) is 4.79 Å². The van der Waals surface area contributed by atoms with Crippen molar-refractivity contribution < 1.29 is 28.5 Å². The summed E-state index contributed by atoms with van der Waals surface area (Å²) < 4.78 is 21.4. The molecule has 1 heterocycles. The van der Waals surface area contributed by atoms with E-state index in [0.717, 1.165) is 0 Å². The lowest BCUT2D eigenvalue weighted by Gasteiger charge is -2.26. The van der Waals surface area contributed by atoms with Gasteiger partial charge in [-0.15, -0.1) is 0 Å². The van der Waals surface area contributed by atoms with Gasteiger partial charge in [-0.05, 0) is 41.5 Å². The molecule has 2 atom stereocenters. The molecule has 1 fully saturated rings. The number of nitrogens with one attached hydrogen (secondary N) is 1. The van der Waals surface area contributed by atoms with Crippen LogP contribution in [0.3, 0.4) is 0 Å². The second kappa shape index (κ2) is 7.28. The van der Waals surface area contributed by atoms with Crippen molar-refractivity contribution in [2.45, 2.75) is 71.5 Å². The van der Waals surface area contributed by atoms with E-state index in [4.69, 9.17) is 18.9 Å². The Balaban J connectivity index is 2.70. The minimum Gasteiger partial charge on any atom is -0.466 e. The molecule has 0 aromatic heterocycles. The Kier molecular flexibility index (Phi) is 6.19. The van der Waals surface area contributed by atoms with Crippen LogP contribution in [0, 0.1) is 0 Å². The van der Waals surface area contributed by atoms with Crippen LogP contribution in [0.25, 0.3) is 0 Å². The number of hydrogen-bond donors (Lipinski definition) is 1. The number of amides is 1. The van der Waals surface area contributed by atoms with Crippen molar-refractivity contribution in [2.24, 2.45) is 0 Å². The quantitative estimate of drug-likeness (QED) is 0.781. The first-order chi connectivity index (χ1) is 10.0. The van der Waals surface area contributed by atoms with Crippen LogP contribution in [0.15, 0.2) is 0 Å². The lowest BCUT2D eigenvalue weighted by atomic mass is 10.1. The van der Waals surface area contributed by atoms with Crippen LogP contribution < -0.4 is 5.32 Å². The smallest absolute Gasteiger partial charge is 0.407 e. The van der Waals surface area contributed by atoms with Gasteiger partial charge in [0.1, 0.15) is 11.7 Å². The number of hydrogen-bond acceptors (Lipinski definition) is 6. The highest BCUT2D eigenvalue weighted by Crippen LogP contribution is 2.25. The molecule has 22 heavy (non-hydrogen) atoms. The number of carbonyl (C=O) groups excluding carboxylic acids is 2. The highest BCUT2D eigenvalue weighted by Gasteiger charge is 2.39. The van der Waals surface area contributed by atoms with E-state index < -0.39 is 35.6 Å². The molecule has 1 amide bonds. The minimum atomic E-state index is -0.743. The molecule has 0 radical (unpaired) electrons. The summed E-state index contributed by atoms with van der Waals surface area (Å²) in [4.78, 5) is 23.7. The molecule has 1 N–H and O–H groups in total. The maximum Gasteiger partial charge on any atom is 0.407 e.